The lowest BCUT2D eigenvalue weighted by molar-refractivity contribution is 0.143. The minimum atomic E-state index is -0.417. The van der Waals surface area contributed by atoms with Crippen molar-refractivity contribution in [2.75, 3.05) is 6.54 Å². The molecule has 6 nitrogen and oxygen atoms in total. The van der Waals surface area contributed by atoms with Crippen molar-refractivity contribution in [1.29, 1.82) is 0 Å². The lowest BCUT2D eigenvalue weighted by atomic mass is 10.3. The van der Waals surface area contributed by atoms with Crippen molar-refractivity contribution in [3.05, 3.63) is 0 Å². The molecule has 2 fully saturated rings. The third kappa shape index (κ3) is 0.911. The fraction of sp³-hybridized carbons (Fsp3) is 0.600. The number of fused-ring (bicyclic) bond motifs is 1. The second-order valence-electron chi connectivity index (χ2n) is 2.49. The fourth-order valence-corrected chi connectivity index (χ4v) is 1.26. The number of urea groups is 2. The number of rotatable bonds is 0. The van der Waals surface area contributed by atoms with Gasteiger partial charge in [0.15, 0.2) is 0 Å². The molecule has 0 aromatic heterocycles. The van der Waals surface area contributed by atoms with E-state index in [0.717, 1.165) is 13.0 Å². The summed E-state index contributed by atoms with van der Waals surface area (Å²) < 4.78 is 0. The Bertz CT molecular complexity index is 217. The zero-order chi connectivity index (χ0) is 7.84. The Kier molecular flexibility index (Phi) is 1.22. The van der Waals surface area contributed by atoms with Crippen LogP contribution in [0.25, 0.3) is 0 Å². The van der Waals surface area contributed by atoms with Gasteiger partial charge in [0.25, 0.3) is 0 Å². The topological polar surface area (TPSA) is 73.5 Å². The van der Waals surface area contributed by atoms with E-state index in [2.05, 4.69) is 16.1 Å². The van der Waals surface area contributed by atoms with E-state index in [0.29, 0.717) is 0 Å². The molecule has 2 aliphatic rings. The maximum Gasteiger partial charge on any atom is 0.341 e. The van der Waals surface area contributed by atoms with Gasteiger partial charge in [-0.05, 0) is 0 Å². The van der Waals surface area contributed by atoms with Crippen LogP contribution in [-0.2, 0) is 0 Å². The molecule has 11 heavy (non-hydrogen) atoms. The molecular formula is C5H8N4O2. The molecule has 0 spiro atoms. The summed E-state index contributed by atoms with van der Waals surface area (Å²) in [6.45, 7) is 0.721. The normalized spacial score (nSPS) is 29.5. The first-order valence-electron chi connectivity index (χ1n) is 3.41. The first-order valence-corrected chi connectivity index (χ1v) is 3.41. The van der Waals surface area contributed by atoms with Gasteiger partial charge >= 0.3 is 12.1 Å². The first-order chi connectivity index (χ1) is 5.27. The Balaban J connectivity index is 2.16. The average molecular weight is 156 g/mol. The highest BCUT2D eigenvalue weighted by Gasteiger charge is 2.34. The van der Waals surface area contributed by atoms with Gasteiger partial charge in [-0.1, -0.05) is 0 Å². The van der Waals surface area contributed by atoms with E-state index in [4.69, 9.17) is 0 Å². The van der Waals surface area contributed by atoms with Crippen molar-refractivity contribution in [1.82, 2.24) is 21.1 Å². The van der Waals surface area contributed by atoms with E-state index in [1.807, 2.05) is 0 Å². The number of imide groups is 1. The smallest absolute Gasteiger partial charge is 0.316 e. The highest BCUT2D eigenvalue weighted by Crippen LogP contribution is 2.08. The van der Waals surface area contributed by atoms with Gasteiger partial charge < -0.3 is 5.32 Å². The number of hydrogen-bond donors (Lipinski definition) is 3. The van der Waals surface area contributed by atoms with Crippen LogP contribution in [0.3, 0.4) is 0 Å². The van der Waals surface area contributed by atoms with Gasteiger partial charge in [0.1, 0.15) is 6.17 Å². The van der Waals surface area contributed by atoms with E-state index in [9.17, 15) is 9.59 Å². The summed E-state index contributed by atoms with van der Waals surface area (Å²) in [5.41, 5.74) is 2.84. The molecule has 2 heterocycles. The molecule has 6 heteroatoms. The van der Waals surface area contributed by atoms with Crippen molar-refractivity contribution in [3.63, 3.8) is 0 Å². The van der Waals surface area contributed by atoms with Crippen LogP contribution < -0.4 is 16.1 Å². The van der Waals surface area contributed by atoms with Gasteiger partial charge in [-0.15, -0.1) is 0 Å². The van der Waals surface area contributed by atoms with Gasteiger partial charge in [-0.3, -0.25) is 5.32 Å². The van der Waals surface area contributed by atoms with Crippen LogP contribution in [0, 0.1) is 0 Å². The fourth-order valence-electron chi connectivity index (χ4n) is 1.26. The van der Waals surface area contributed by atoms with Crippen molar-refractivity contribution >= 4 is 12.1 Å². The molecule has 0 bridgehead atoms. The summed E-state index contributed by atoms with van der Waals surface area (Å²) in [5, 5.41) is 6.12. The van der Waals surface area contributed by atoms with Crippen LogP contribution >= 0.6 is 0 Å². The Hall–Kier alpha value is -1.30. The molecule has 2 saturated heterocycles. The summed E-state index contributed by atoms with van der Waals surface area (Å²) in [5.74, 6) is 0. The first kappa shape index (κ1) is 6.41. The van der Waals surface area contributed by atoms with Gasteiger partial charge in [0.05, 0.1) is 0 Å². The second-order valence-corrected chi connectivity index (χ2v) is 2.49. The molecule has 3 N–H and O–H groups in total. The highest BCUT2D eigenvalue weighted by molar-refractivity contribution is 5.95. The van der Waals surface area contributed by atoms with Crippen molar-refractivity contribution < 1.29 is 9.59 Å². The Labute approximate surface area is 62.9 Å². The lowest BCUT2D eigenvalue weighted by Crippen LogP contribution is -2.63. The van der Waals surface area contributed by atoms with Crippen molar-refractivity contribution in [2.24, 2.45) is 0 Å². The van der Waals surface area contributed by atoms with Crippen LogP contribution in [-0.4, -0.2) is 29.8 Å². The third-order valence-corrected chi connectivity index (χ3v) is 1.75. The van der Waals surface area contributed by atoms with Gasteiger partial charge in [-0.25, -0.2) is 20.0 Å². The van der Waals surface area contributed by atoms with Crippen molar-refractivity contribution in [2.45, 2.75) is 12.6 Å². The maximum atomic E-state index is 11.0. The predicted octanol–water partition coefficient (Wildman–Crippen LogP) is -1.04. The SMILES string of the molecule is O=C1NC(=O)N2NCCC2N1. The van der Waals surface area contributed by atoms with E-state index in [1.54, 1.807) is 0 Å². The van der Waals surface area contributed by atoms with E-state index in [-0.39, 0.29) is 12.2 Å². The molecule has 4 amide bonds. The van der Waals surface area contributed by atoms with Crippen LogP contribution in [0.4, 0.5) is 9.59 Å². The van der Waals surface area contributed by atoms with Crippen LogP contribution in [0.1, 0.15) is 6.42 Å². The Morgan fingerprint density at radius 2 is 2.27 bits per heavy atom. The minimum Gasteiger partial charge on any atom is -0.316 e. The Morgan fingerprint density at radius 1 is 1.45 bits per heavy atom. The predicted molar refractivity (Wildman–Crippen MR) is 35.3 cm³/mol. The summed E-state index contributed by atoms with van der Waals surface area (Å²) >= 11 is 0. The number of nitrogens with one attached hydrogen (secondary N) is 3. The quantitative estimate of drug-likeness (QED) is 0.419. The molecule has 1 atom stereocenters. The number of carbonyl (C=O) groups excluding carboxylic acids is 2. The largest absolute Gasteiger partial charge is 0.341 e. The number of hydrazine groups is 1. The molecule has 2 rings (SSSR count). The monoisotopic (exact) mass is 156 g/mol. The molecule has 2 aliphatic heterocycles. The minimum absolute atomic E-state index is 0.170. The zero-order valence-corrected chi connectivity index (χ0v) is 5.76. The second kappa shape index (κ2) is 2.09. The molecule has 1 unspecified atom stereocenters. The molecule has 0 aliphatic carbocycles. The van der Waals surface area contributed by atoms with Crippen LogP contribution in [0.5, 0.6) is 0 Å². The maximum absolute atomic E-state index is 11.0. The Morgan fingerprint density at radius 3 is 3.09 bits per heavy atom. The van der Waals surface area contributed by atoms with Crippen LogP contribution in [0.2, 0.25) is 0 Å². The molecule has 0 saturated carbocycles. The van der Waals surface area contributed by atoms with Gasteiger partial charge in [0, 0.05) is 13.0 Å². The molecule has 60 valence electrons. The molecular weight excluding hydrogens is 148 g/mol. The van der Waals surface area contributed by atoms with E-state index >= 15 is 0 Å². The zero-order valence-electron chi connectivity index (χ0n) is 5.76. The number of amides is 4. The molecule has 0 aromatic rings. The van der Waals surface area contributed by atoms with E-state index < -0.39 is 6.03 Å². The van der Waals surface area contributed by atoms with Gasteiger partial charge in [-0.2, -0.15) is 0 Å². The summed E-state index contributed by atoms with van der Waals surface area (Å²) in [4.78, 5) is 21.7. The highest BCUT2D eigenvalue weighted by atomic mass is 16.2. The number of nitrogens with zero attached hydrogens (tertiary/aromatic N) is 1. The standard InChI is InChI=1S/C5H8N4O2/c10-4-7-3-1-2-6-9(3)5(11)8-4/h3,6H,1-2H2,(H2,7,8,10,11). The van der Waals surface area contributed by atoms with Gasteiger partial charge in [0.2, 0.25) is 0 Å². The number of hydrogen-bond acceptors (Lipinski definition) is 3. The number of carbonyl (C=O) groups is 2. The molecule has 0 radical (unpaired) electrons. The summed E-state index contributed by atoms with van der Waals surface area (Å²) in [6, 6.07) is -0.795. The molecule has 0 aromatic carbocycles. The van der Waals surface area contributed by atoms with Crippen molar-refractivity contribution in [3.8, 4) is 0 Å². The third-order valence-electron chi connectivity index (χ3n) is 1.75. The lowest BCUT2D eigenvalue weighted by Gasteiger charge is -2.29. The van der Waals surface area contributed by atoms with Crippen LogP contribution in [0.15, 0.2) is 0 Å². The average Bonchev–Trinajstić information content (AvgIpc) is 2.34. The summed E-state index contributed by atoms with van der Waals surface area (Å²) in [7, 11) is 0. The summed E-state index contributed by atoms with van der Waals surface area (Å²) in [6.07, 6.45) is 0.593. The van der Waals surface area contributed by atoms with E-state index in [1.165, 1.54) is 5.01 Å².